The summed E-state index contributed by atoms with van der Waals surface area (Å²) in [5, 5.41) is 5.02. The molecule has 3 N–H and O–H groups in total. The third-order valence-corrected chi connectivity index (χ3v) is 5.30. The number of sulfonamides is 1. The van der Waals surface area contributed by atoms with Crippen LogP contribution in [0.3, 0.4) is 0 Å². The van der Waals surface area contributed by atoms with Crippen LogP contribution in [0.5, 0.6) is 0 Å². The van der Waals surface area contributed by atoms with Gasteiger partial charge in [-0.3, -0.25) is 4.72 Å². The van der Waals surface area contributed by atoms with Crippen molar-refractivity contribution in [2.75, 3.05) is 15.4 Å². The first-order valence-corrected chi connectivity index (χ1v) is 9.90. The molecule has 0 bridgehead atoms. The number of hydrogen-bond donors (Lipinski definition) is 3. The number of urea groups is 1. The Labute approximate surface area is 166 Å². The normalized spacial score (nSPS) is 10.9. The van der Waals surface area contributed by atoms with E-state index in [9.17, 15) is 17.6 Å². The van der Waals surface area contributed by atoms with E-state index in [0.29, 0.717) is 11.4 Å². The third kappa shape index (κ3) is 4.99. The average Bonchev–Trinajstić information content (AvgIpc) is 2.66. The molecule has 3 aromatic rings. The lowest BCUT2D eigenvalue weighted by Crippen LogP contribution is -2.19. The van der Waals surface area contributed by atoms with Crippen LogP contribution in [-0.2, 0) is 10.0 Å². The van der Waals surface area contributed by atoms with E-state index in [-0.39, 0.29) is 15.6 Å². The molecule has 3 rings (SSSR count). The molecule has 0 aliphatic carbocycles. The van der Waals surface area contributed by atoms with Gasteiger partial charge in [-0.15, -0.1) is 0 Å². The van der Waals surface area contributed by atoms with Crippen LogP contribution in [0.2, 0.25) is 5.02 Å². The van der Waals surface area contributed by atoms with E-state index < -0.39 is 21.9 Å². The lowest BCUT2D eigenvalue weighted by atomic mass is 10.3. The molecular formula is C19H15ClFN3O3S. The average molecular weight is 420 g/mol. The lowest BCUT2D eigenvalue weighted by molar-refractivity contribution is 0.262. The van der Waals surface area contributed by atoms with Gasteiger partial charge < -0.3 is 10.6 Å². The van der Waals surface area contributed by atoms with Crippen LogP contribution in [-0.4, -0.2) is 14.4 Å². The van der Waals surface area contributed by atoms with Gasteiger partial charge in [-0.05, 0) is 54.6 Å². The summed E-state index contributed by atoms with van der Waals surface area (Å²) >= 11 is 5.64. The predicted molar refractivity (Wildman–Crippen MR) is 108 cm³/mol. The van der Waals surface area contributed by atoms with Crippen LogP contribution < -0.4 is 15.4 Å². The second-order valence-electron chi connectivity index (χ2n) is 5.70. The van der Waals surface area contributed by atoms with Gasteiger partial charge in [0, 0.05) is 17.1 Å². The van der Waals surface area contributed by atoms with E-state index in [4.69, 9.17) is 11.6 Å². The van der Waals surface area contributed by atoms with Crippen LogP contribution in [0.15, 0.2) is 77.7 Å². The second-order valence-corrected chi connectivity index (χ2v) is 7.79. The number of nitrogens with one attached hydrogen (secondary N) is 3. The molecule has 0 heterocycles. The van der Waals surface area contributed by atoms with Gasteiger partial charge in [-0.2, -0.15) is 0 Å². The molecule has 0 unspecified atom stereocenters. The number of rotatable bonds is 5. The fourth-order valence-corrected chi connectivity index (χ4v) is 3.62. The van der Waals surface area contributed by atoms with Gasteiger partial charge in [-0.1, -0.05) is 29.8 Å². The highest BCUT2D eigenvalue weighted by Crippen LogP contribution is 2.22. The Balaban J connectivity index is 1.65. The third-order valence-electron chi connectivity index (χ3n) is 3.63. The van der Waals surface area contributed by atoms with Crippen molar-refractivity contribution in [2.24, 2.45) is 0 Å². The quantitative estimate of drug-likeness (QED) is 0.548. The van der Waals surface area contributed by atoms with E-state index in [1.807, 2.05) is 6.07 Å². The minimum atomic E-state index is -3.93. The number of anilines is 3. The molecule has 6 nitrogen and oxygen atoms in total. The summed E-state index contributed by atoms with van der Waals surface area (Å²) in [6.45, 7) is 0. The fraction of sp³-hybridized carbons (Fsp3) is 0. The van der Waals surface area contributed by atoms with Crippen LogP contribution in [0.4, 0.5) is 26.2 Å². The molecular weight excluding hydrogens is 405 g/mol. The number of benzene rings is 3. The highest BCUT2D eigenvalue weighted by atomic mass is 35.5. The van der Waals surface area contributed by atoms with Crippen molar-refractivity contribution >= 4 is 44.7 Å². The van der Waals surface area contributed by atoms with Gasteiger partial charge in [0.15, 0.2) is 0 Å². The van der Waals surface area contributed by atoms with Crippen LogP contribution in [0, 0.1) is 5.82 Å². The topological polar surface area (TPSA) is 87.3 Å². The van der Waals surface area contributed by atoms with Gasteiger partial charge >= 0.3 is 6.03 Å². The van der Waals surface area contributed by atoms with Gasteiger partial charge in [0.25, 0.3) is 10.0 Å². The highest BCUT2D eigenvalue weighted by Gasteiger charge is 2.16. The molecule has 0 aliphatic heterocycles. The molecule has 0 radical (unpaired) electrons. The maximum absolute atomic E-state index is 13.2. The Bertz CT molecular complexity index is 1090. The minimum Gasteiger partial charge on any atom is -0.308 e. The smallest absolute Gasteiger partial charge is 0.308 e. The van der Waals surface area contributed by atoms with Gasteiger partial charge in [0.1, 0.15) is 5.82 Å². The molecule has 0 atom stereocenters. The molecule has 0 spiro atoms. The van der Waals surface area contributed by atoms with Crippen LogP contribution in [0.1, 0.15) is 0 Å². The predicted octanol–water partition coefficient (Wildman–Crippen LogP) is 4.92. The first kappa shape index (κ1) is 19.7. The van der Waals surface area contributed by atoms with E-state index in [0.717, 1.165) is 18.2 Å². The first-order valence-electron chi connectivity index (χ1n) is 8.04. The van der Waals surface area contributed by atoms with Crippen molar-refractivity contribution in [3.05, 3.63) is 83.6 Å². The monoisotopic (exact) mass is 419 g/mol. The molecule has 0 aliphatic rings. The van der Waals surface area contributed by atoms with Crippen molar-refractivity contribution in [1.29, 1.82) is 0 Å². The summed E-state index contributed by atoms with van der Waals surface area (Å²) in [4.78, 5) is 11.8. The van der Waals surface area contributed by atoms with Gasteiger partial charge in [0.05, 0.1) is 9.92 Å². The van der Waals surface area contributed by atoms with Crippen molar-refractivity contribution in [3.63, 3.8) is 0 Å². The van der Waals surface area contributed by atoms with Crippen molar-refractivity contribution in [3.8, 4) is 0 Å². The van der Waals surface area contributed by atoms with Crippen molar-refractivity contribution in [2.45, 2.75) is 4.90 Å². The summed E-state index contributed by atoms with van der Waals surface area (Å²) < 4.78 is 40.3. The Hall–Kier alpha value is -3.10. The Kier molecular flexibility index (Phi) is 5.81. The molecule has 0 saturated heterocycles. The number of para-hydroxylation sites is 1. The molecule has 0 fully saturated rings. The Morgan fingerprint density at radius 2 is 1.39 bits per heavy atom. The lowest BCUT2D eigenvalue weighted by Gasteiger charge is -2.10. The molecule has 0 aromatic heterocycles. The summed E-state index contributed by atoms with van der Waals surface area (Å²) in [6.07, 6.45) is 0. The zero-order valence-electron chi connectivity index (χ0n) is 14.3. The molecule has 9 heteroatoms. The zero-order chi connectivity index (χ0) is 20.1. The van der Waals surface area contributed by atoms with E-state index in [1.165, 1.54) is 12.1 Å². The molecule has 3 aromatic carbocycles. The minimum absolute atomic E-state index is 0.164. The van der Waals surface area contributed by atoms with Crippen LogP contribution >= 0.6 is 11.6 Å². The molecule has 0 saturated carbocycles. The number of carbonyl (C=O) groups is 1. The van der Waals surface area contributed by atoms with E-state index in [1.54, 1.807) is 36.4 Å². The first-order chi connectivity index (χ1) is 13.3. The number of hydrogen-bond acceptors (Lipinski definition) is 3. The second kappa shape index (κ2) is 8.28. The van der Waals surface area contributed by atoms with Crippen molar-refractivity contribution < 1.29 is 17.6 Å². The molecule has 28 heavy (non-hydrogen) atoms. The Morgan fingerprint density at radius 1 is 0.821 bits per heavy atom. The maximum Gasteiger partial charge on any atom is 0.323 e. The summed E-state index contributed by atoms with van der Waals surface area (Å²) in [5.41, 5.74) is 1.39. The maximum atomic E-state index is 13.2. The van der Waals surface area contributed by atoms with Gasteiger partial charge in [0.2, 0.25) is 0 Å². The summed E-state index contributed by atoms with van der Waals surface area (Å²) in [5.74, 6) is -0.704. The van der Waals surface area contributed by atoms with E-state index >= 15 is 0 Å². The summed E-state index contributed by atoms with van der Waals surface area (Å²) in [6, 6.07) is 17.7. The SMILES string of the molecule is O=C(Nc1ccccc1)Nc1ccc(NS(=O)(=O)c2ccc(F)c(Cl)c2)cc1. The molecule has 144 valence electrons. The molecule has 2 amide bonds. The number of halogens is 2. The highest BCUT2D eigenvalue weighted by molar-refractivity contribution is 7.92. The summed E-state index contributed by atoms with van der Waals surface area (Å²) in [7, 11) is -3.93. The fourth-order valence-electron chi connectivity index (χ4n) is 2.29. The zero-order valence-corrected chi connectivity index (χ0v) is 15.9. The van der Waals surface area contributed by atoms with Gasteiger partial charge in [-0.25, -0.2) is 17.6 Å². The largest absolute Gasteiger partial charge is 0.323 e. The van der Waals surface area contributed by atoms with Crippen molar-refractivity contribution in [1.82, 2.24) is 0 Å². The van der Waals surface area contributed by atoms with Crippen LogP contribution in [0.25, 0.3) is 0 Å². The standard InChI is InChI=1S/C19H15ClFN3O3S/c20-17-12-16(10-11-18(17)21)28(26,27)24-15-8-6-14(7-9-15)23-19(25)22-13-4-2-1-3-5-13/h1-12,24H,(H2,22,23,25). The van der Waals surface area contributed by atoms with E-state index in [2.05, 4.69) is 15.4 Å². The number of carbonyl (C=O) groups excluding carboxylic acids is 1. The Morgan fingerprint density at radius 3 is 2.00 bits per heavy atom. The number of amides is 2.